The van der Waals surface area contributed by atoms with E-state index in [4.69, 9.17) is 0 Å². The summed E-state index contributed by atoms with van der Waals surface area (Å²) in [5.74, 6) is -0.363. The Balaban J connectivity index is 1.57. The van der Waals surface area contributed by atoms with Crippen LogP contribution < -0.4 is 10.2 Å². The number of carbonyl (C=O) groups excluding carboxylic acids is 1. The summed E-state index contributed by atoms with van der Waals surface area (Å²) in [6.07, 6.45) is 1.76. The molecule has 6 nitrogen and oxygen atoms in total. The first kappa shape index (κ1) is 19.6. The van der Waals surface area contributed by atoms with Crippen LogP contribution in [0.1, 0.15) is 34.0 Å². The Hall–Kier alpha value is -3.67. The summed E-state index contributed by atoms with van der Waals surface area (Å²) in [6, 6.07) is 20.4. The van der Waals surface area contributed by atoms with Gasteiger partial charge in [-0.15, -0.1) is 0 Å². The highest BCUT2D eigenvalue weighted by atomic mass is 16.6. The maximum atomic E-state index is 12.6. The van der Waals surface area contributed by atoms with Gasteiger partial charge in [0.2, 0.25) is 0 Å². The fraction of sp³-hybridized carbons (Fsp3) is 0.208. The molecule has 0 aliphatic carbocycles. The maximum Gasteiger partial charge on any atom is 0.293 e. The van der Waals surface area contributed by atoms with Crippen molar-refractivity contribution < 1.29 is 9.72 Å². The van der Waals surface area contributed by atoms with Crippen LogP contribution in [0, 0.1) is 10.1 Å². The Bertz CT molecular complexity index is 1090. The lowest BCUT2D eigenvalue weighted by molar-refractivity contribution is -0.384. The summed E-state index contributed by atoms with van der Waals surface area (Å²) in [5.41, 5.74) is 5.05. The van der Waals surface area contributed by atoms with Crippen molar-refractivity contribution in [2.75, 3.05) is 16.8 Å². The standard InChI is InChI=1S/C24H23N3O3/c1-2-17-7-10-21(11-8-17)25-24(28)19-9-12-22(23(15-19)27(29)30)26-14-13-18-5-3-4-6-20(18)16-26/h3-12,15H,2,13-14,16H2,1H3,(H,25,28). The highest BCUT2D eigenvalue weighted by molar-refractivity contribution is 6.05. The molecule has 0 fully saturated rings. The summed E-state index contributed by atoms with van der Waals surface area (Å²) in [4.78, 5) is 26.0. The molecule has 6 heteroatoms. The van der Waals surface area contributed by atoms with Gasteiger partial charge in [0.15, 0.2) is 0 Å². The van der Waals surface area contributed by atoms with E-state index in [-0.39, 0.29) is 17.2 Å². The average Bonchev–Trinajstić information content (AvgIpc) is 2.78. The van der Waals surface area contributed by atoms with E-state index in [1.54, 1.807) is 12.1 Å². The van der Waals surface area contributed by atoms with E-state index in [9.17, 15) is 14.9 Å². The third-order valence-electron chi connectivity index (χ3n) is 5.53. The molecular weight excluding hydrogens is 378 g/mol. The zero-order valence-corrected chi connectivity index (χ0v) is 16.8. The van der Waals surface area contributed by atoms with E-state index in [1.807, 2.05) is 41.3 Å². The van der Waals surface area contributed by atoms with Gasteiger partial charge in [0.1, 0.15) is 5.69 Å². The van der Waals surface area contributed by atoms with Gasteiger partial charge in [0.25, 0.3) is 11.6 Å². The number of hydrogen-bond acceptors (Lipinski definition) is 4. The first-order valence-electron chi connectivity index (χ1n) is 10.1. The molecule has 0 atom stereocenters. The summed E-state index contributed by atoms with van der Waals surface area (Å²) < 4.78 is 0. The summed E-state index contributed by atoms with van der Waals surface area (Å²) in [5, 5.41) is 14.6. The minimum absolute atomic E-state index is 0.0524. The molecule has 0 saturated carbocycles. The smallest absolute Gasteiger partial charge is 0.293 e. The molecule has 30 heavy (non-hydrogen) atoms. The second kappa shape index (κ2) is 8.37. The van der Waals surface area contributed by atoms with Gasteiger partial charge >= 0.3 is 0 Å². The van der Waals surface area contributed by atoms with Gasteiger partial charge in [0, 0.05) is 30.4 Å². The van der Waals surface area contributed by atoms with Gasteiger partial charge in [-0.05, 0) is 53.8 Å². The zero-order chi connectivity index (χ0) is 21.1. The van der Waals surface area contributed by atoms with Crippen molar-refractivity contribution in [2.45, 2.75) is 26.3 Å². The van der Waals surface area contributed by atoms with Crippen LogP contribution in [0.5, 0.6) is 0 Å². The molecule has 1 heterocycles. The second-order valence-corrected chi connectivity index (χ2v) is 7.41. The molecular formula is C24H23N3O3. The number of nitro groups is 1. The number of hydrogen-bond donors (Lipinski definition) is 1. The van der Waals surface area contributed by atoms with E-state index in [2.05, 4.69) is 24.4 Å². The van der Waals surface area contributed by atoms with Crippen LogP contribution in [-0.4, -0.2) is 17.4 Å². The number of nitrogens with zero attached hydrogens (tertiary/aromatic N) is 2. The second-order valence-electron chi connectivity index (χ2n) is 7.41. The summed E-state index contributed by atoms with van der Waals surface area (Å²) in [7, 11) is 0. The number of rotatable bonds is 5. The summed E-state index contributed by atoms with van der Waals surface area (Å²) in [6.45, 7) is 3.38. The first-order chi connectivity index (χ1) is 14.5. The third-order valence-corrected chi connectivity index (χ3v) is 5.53. The van der Waals surface area contributed by atoms with Crippen molar-refractivity contribution in [3.8, 4) is 0 Å². The molecule has 0 spiro atoms. The fourth-order valence-electron chi connectivity index (χ4n) is 3.81. The number of fused-ring (bicyclic) bond motifs is 1. The number of anilines is 2. The molecule has 3 aromatic rings. The fourth-order valence-corrected chi connectivity index (χ4v) is 3.81. The quantitative estimate of drug-likeness (QED) is 0.484. The largest absolute Gasteiger partial charge is 0.361 e. The molecule has 1 amide bonds. The van der Waals surface area contributed by atoms with Gasteiger partial charge in [0.05, 0.1) is 4.92 Å². The third kappa shape index (κ3) is 4.03. The van der Waals surface area contributed by atoms with Gasteiger partial charge < -0.3 is 10.2 Å². The van der Waals surface area contributed by atoms with Crippen molar-refractivity contribution in [1.29, 1.82) is 0 Å². The van der Waals surface area contributed by atoms with E-state index in [0.717, 1.165) is 12.8 Å². The van der Waals surface area contributed by atoms with Crippen LogP contribution >= 0.6 is 0 Å². The van der Waals surface area contributed by atoms with Crippen LogP contribution in [0.3, 0.4) is 0 Å². The molecule has 0 bridgehead atoms. The maximum absolute atomic E-state index is 12.6. The normalized spacial score (nSPS) is 12.9. The van der Waals surface area contributed by atoms with Crippen LogP contribution in [0.15, 0.2) is 66.7 Å². The van der Waals surface area contributed by atoms with Crippen LogP contribution in [0.2, 0.25) is 0 Å². The van der Waals surface area contributed by atoms with Crippen LogP contribution in [-0.2, 0) is 19.4 Å². The highest BCUT2D eigenvalue weighted by Gasteiger charge is 2.25. The van der Waals surface area contributed by atoms with Crippen LogP contribution in [0.25, 0.3) is 0 Å². The molecule has 0 aromatic heterocycles. The number of aryl methyl sites for hydroxylation is 1. The van der Waals surface area contributed by atoms with Crippen molar-refractivity contribution in [1.82, 2.24) is 0 Å². The zero-order valence-electron chi connectivity index (χ0n) is 16.8. The van der Waals surface area contributed by atoms with Gasteiger partial charge in [-0.1, -0.05) is 43.3 Å². The monoisotopic (exact) mass is 401 g/mol. The Labute approximate surface area is 175 Å². The van der Waals surface area contributed by atoms with Gasteiger partial charge in [-0.2, -0.15) is 0 Å². The van der Waals surface area contributed by atoms with E-state index >= 15 is 0 Å². The SMILES string of the molecule is CCc1ccc(NC(=O)c2ccc(N3CCc4ccccc4C3)c([N+](=O)[O-])c2)cc1. The lowest BCUT2D eigenvalue weighted by atomic mass is 9.99. The Morgan fingerprint density at radius 2 is 1.80 bits per heavy atom. The molecule has 1 aliphatic rings. The average molecular weight is 401 g/mol. The number of carbonyl (C=O) groups is 1. The summed E-state index contributed by atoms with van der Waals surface area (Å²) >= 11 is 0. The molecule has 1 aliphatic heterocycles. The molecule has 1 N–H and O–H groups in total. The van der Waals surface area contributed by atoms with Crippen LogP contribution in [0.4, 0.5) is 17.1 Å². The Morgan fingerprint density at radius 3 is 2.50 bits per heavy atom. The molecule has 4 rings (SSSR count). The molecule has 152 valence electrons. The topological polar surface area (TPSA) is 75.5 Å². The molecule has 0 unspecified atom stereocenters. The van der Waals surface area contributed by atoms with E-state index < -0.39 is 4.92 Å². The van der Waals surface area contributed by atoms with E-state index in [1.165, 1.54) is 22.8 Å². The van der Waals surface area contributed by atoms with Gasteiger partial charge in [-0.25, -0.2) is 0 Å². The molecule has 0 radical (unpaired) electrons. The van der Waals surface area contributed by atoms with Crippen molar-refractivity contribution >= 4 is 23.0 Å². The predicted molar refractivity (Wildman–Crippen MR) is 118 cm³/mol. The molecule has 0 saturated heterocycles. The number of amides is 1. The van der Waals surface area contributed by atoms with Crippen molar-refractivity contribution in [3.63, 3.8) is 0 Å². The predicted octanol–water partition coefficient (Wildman–Crippen LogP) is 4.97. The lowest BCUT2D eigenvalue weighted by Crippen LogP contribution is -2.30. The highest BCUT2D eigenvalue weighted by Crippen LogP contribution is 2.33. The number of benzene rings is 3. The number of nitro benzene ring substituents is 1. The minimum Gasteiger partial charge on any atom is -0.361 e. The van der Waals surface area contributed by atoms with E-state index in [0.29, 0.717) is 24.5 Å². The molecule has 3 aromatic carbocycles. The van der Waals surface area contributed by atoms with Gasteiger partial charge in [-0.3, -0.25) is 14.9 Å². The van der Waals surface area contributed by atoms with Crippen molar-refractivity contribution in [3.05, 3.63) is 99.1 Å². The lowest BCUT2D eigenvalue weighted by Gasteiger charge is -2.30. The number of nitrogens with one attached hydrogen (secondary N) is 1. The minimum atomic E-state index is -0.414. The van der Waals surface area contributed by atoms with Crippen molar-refractivity contribution in [2.24, 2.45) is 0 Å². The Kier molecular flexibility index (Phi) is 5.48. The Morgan fingerprint density at radius 1 is 1.07 bits per heavy atom. The first-order valence-corrected chi connectivity index (χ1v) is 10.1.